The summed E-state index contributed by atoms with van der Waals surface area (Å²) in [5, 5.41) is 7.07. The van der Waals surface area contributed by atoms with Crippen LogP contribution in [-0.4, -0.2) is 27.2 Å². The summed E-state index contributed by atoms with van der Waals surface area (Å²) >= 11 is 0. The van der Waals surface area contributed by atoms with Crippen molar-refractivity contribution < 1.29 is 4.79 Å². The fourth-order valence-electron chi connectivity index (χ4n) is 1.92. The van der Waals surface area contributed by atoms with Gasteiger partial charge < -0.3 is 11.1 Å². The Morgan fingerprint density at radius 1 is 1.42 bits per heavy atom. The van der Waals surface area contributed by atoms with Crippen LogP contribution in [0.1, 0.15) is 28.9 Å². The summed E-state index contributed by atoms with van der Waals surface area (Å²) in [6.07, 6.45) is 0. The van der Waals surface area contributed by atoms with Gasteiger partial charge in [0.1, 0.15) is 11.6 Å². The number of rotatable bonds is 3. The fourth-order valence-corrected chi connectivity index (χ4v) is 1.92. The lowest BCUT2D eigenvalue weighted by Gasteiger charge is -2.11. The fraction of sp³-hybridized carbons (Fsp3) is 0.308. The summed E-state index contributed by atoms with van der Waals surface area (Å²) in [5.74, 6) is 1.22. The van der Waals surface area contributed by atoms with Crippen molar-refractivity contribution in [3.8, 4) is 5.69 Å². The van der Waals surface area contributed by atoms with Gasteiger partial charge in [0.25, 0.3) is 5.91 Å². The number of carbonyl (C=O) groups excluding carboxylic acids is 1. The van der Waals surface area contributed by atoms with E-state index in [1.165, 1.54) is 0 Å². The molecule has 100 valence electrons. The molecule has 1 aromatic carbocycles. The van der Waals surface area contributed by atoms with Gasteiger partial charge in [-0.3, -0.25) is 4.79 Å². The van der Waals surface area contributed by atoms with E-state index in [2.05, 4.69) is 15.4 Å². The van der Waals surface area contributed by atoms with Gasteiger partial charge in [-0.15, -0.1) is 0 Å². The van der Waals surface area contributed by atoms with Crippen LogP contribution in [0.3, 0.4) is 0 Å². The molecule has 0 saturated heterocycles. The molecule has 0 atom stereocenters. The Hall–Kier alpha value is -2.37. The second-order valence-electron chi connectivity index (χ2n) is 4.25. The molecular weight excluding hydrogens is 242 g/mol. The molecular formula is C13H17N5O. The van der Waals surface area contributed by atoms with Gasteiger partial charge in [-0.25, -0.2) is 9.67 Å². The summed E-state index contributed by atoms with van der Waals surface area (Å²) in [6.45, 7) is 6.09. The van der Waals surface area contributed by atoms with Crippen LogP contribution in [-0.2, 0) is 0 Å². The van der Waals surface area contributed by atoms with E-state index >= 15 is 0 Å². The zero-order chi connectivity index (χ0) is 14.0. The van der Waals surface area contributed by atoms with E-state index in [-0.39, 0.29) is 5.91 Å². The number of aryl methyl sites for hydroxylation is 2. The normalized spacial score (nSPS) is 10.5. The van der Waals surface area contributed by atoms with Gasteiger partial charge in [0.2, 0.25) is 0 Å². The minimum Gasteiger partial charge on any atom is -0.399 e. The maximum Gasteiger partial charge on any atom is 0.253 e. The van der Waals surface area contributed by atoms with Gasteiger partial charge >= 0.3 is 0 Å². The number of nitrogen functional groups attached to an aromatic ring is 1. The Bertz CT molecular complexity index is 617. The third-order valence-corrected chi connectivity index (χ3v) is 2.71. The highest BCUT2D eigenvalue weighted by Gasteiger charge is 2.15. The molecule has 6 heteroatoms. The van der Waals surface area contributed by atoms with Gasteiger partial charge in [-0.2, -0.15) is 5.10 Å². The Balaban J connectivity index is 2.58. The largest absolute Gasteiger partial charge is 0.399 e. The highest BCUT2D eigenvalue weighted by molar-refractivity contribution is 5.98. The lowest BCUT2D eigenvalue weighted by molar-refractivity contribution is 0.0955. The Morgan fingerprint density at radius 3 is 2.74 bits per heavy atom. The van der Waals surface area contributed by atoms with Gasteiger partial charge in [0, 0.05) is 12.2 Å². The van der Waals surface area contributed by atoms with Crippen molar-refractivity contribution in [2.24, 2.45) is 0 Å². The van der Waals surface area contributed by atoms with E-state index in [0.717, 1.165) is 0 Å². The van der Waals surface area contributed by atoms with Gasteiger partial charge in [-0.05, 0) is 39.0 Å². The molecule has 6 nitrogen and oxygen atoms in total. The smallest absolute Gasteiger partial charge is 0.253 e. The first-order valence-electron chi connectivity index (χ1n) is 6.11. The lowest BCUT2D eigenvalue weighted by atomic mass is 10.1. The summed E-state index contributed by atoms with van der Waals surface area (Å²) < 4.78 is 1.64. The predicted octanol–water partition coefficient (Wildman–Crippen LogP) is 1.22. The second kappa shape index (κ2) is 5.09. The SMILES string of the molecule is CCNC(=O)c1ccc(N)cc1-n1nc(C)nc1C. The first-order chi connectivity index (χ1) is 9.02. The van der Waals surface area contributed by atoms with Crippen molar-refractivity contribution in [2.75, 3.05) is 12.3 Å². The molecule has 0 aliphatic heterocycles. The molecule has 0 bridgehead atoms. The average molecular weight is 259 g/mol. The van der Waals surface area contributed by atoms with Crippen LogP contribution in [0.15, 0.2) is 18.2 Å². The van der Waals surface area contributed by atoms with Gasteiger partial charge in [-0.1, -0.05) is 0 Å². The zero-order valence-electron chi connectivity index (χ0n) is 11.3. The van der Waals surface area contributed by atoms with Gasteiger partial charge in [0.15, 0.2) is 0 Å². The van der Waals surface area contributed by atoms with Crippen LogP contribution in [0.25, 0.3) is 5.69 Å². The number of anilines is 1. The van der Waals surface area contributed by atoms with Crippen LogP contribution >= 0.6 is 0 Å². The highest BCUT2D eigenvalue weighted by atomic mass is 16.1. The van der Waals surface area contributed by atoms with Crippen molar-refractivity contribution in [1.82, 2.24) is 20.1 Å². The van der Waals surface area contributed by atoms with E-state index in [4.69, 9.17) is 5.73 Å². The van der Waals surface area contributed by atoms with Crippen molar-refractivity contribution in [2.45, 2.75) is 20.8 Å². The average Bonchev–Trinajstić information content (AvgIpc) is 2.68. The Kier molecular flexibility index (Phi) is 3.50. The third kappa shape index (κ3) is 2.57. The minimum atomic E-state index is -0.148. The number of nitrogens with one attached hydrogen (secondary N) is 1. The Labute approximate surface area is 111 Å². The molecule has 0 aliphatic carbocycles. The van der Waals surface area contributed by atoms with E-state index in [0.29, 0.717) is 35.1 Å². The maximum atomic E-state index is 12.1. The maximum absolute atomic E-state index is 12.1. The summed E-state index contributed by atoms with van der Waals surface area (Å²) in [5.41, 5.74) is 7.56. The molecule has 0 spiro atoms. The van der Waals surface area contributed by atoms with Crippen LogP contribution in [0, 0.1) is 13.8 Å². The van der Waals surface area contributed by atoms with Crippen LogP contribution in [0.4, 0.5) is 5.69 Å². The van der Waals surface area contributed by atoms with E-state index in [1.54, 1.807) is 22.9 Å². The summed E-state index contributed by atoms with van der Waals surface area (Å²) in [4.78, 5) is 16.3. The van der Waals surface area contributed by atoms with Crippen molar-refractivity contribution in [1.29, 1.82) is 0 Å². The summed E-state index contributed by atoms with van der Waals surface area (Å²) in [6, 6.07) is 5.13. The van der Waals surface area contributed by atoms with E-state index in [9.17, 15) is 4.79 Å². The van der Waals surface area contributed by atoms with Crippen LogP contribution < -0.4 is 11.1 Å². The molecule has 0 aliphatic rings. The van der Waals surface area contributed by atoms with Crippen LogP contribution in [0.5, 0.6) is 0 Å². The molecule has 2 rings (SSSR count). The molecule has 1 aromatic heterocycles. The molecule has 1 amide bonds. The van der Waals surface area contributed by atoms with Crippen molar-refractivity contribution in [3.63, 3.8) is 0 Å². The quantitative estimate of drug-likeness (QED) is 0.811. The number of benzene rings is 1. The third-order valence-electron chi connectivity index (χ3n) is 2.71. The van der Waals surface area contributed by atoms with E-state index < -0.39 is 0 Å². The van der Waals surface area contributed by atoms with Crippen LogP contribution in [0.2, 0.25) is 0 Å². The van der Waals surface area contributed by atoms with Crippen molar-refractivity contribution >= 4 is 11.6 Å². The molecule has 0 unspecified atom stereocenters. The number of carbonyl (C=O) groups is 1. The number of nitrogens with zero attached hydrogens (tertiary/aromatic N) is 3. The second-order valence-corrected chi connectivity index (χ2v) is 4.25. The number of hydrogen-bond donors (Lipinski definition) is 2. The zero-order valence-corrected chi connectivity index (χ0v) is 11.3. The number of aromatic nitrogens is 3. The topological polar surface area (TPSA) is 85.8 Å². The molecule has 1 heterocycles. The van der Waals surface area contributed by atoms with E-state index in [1.807, 2.05) is 20.8 Å². The molecule has 0 radical (unpaired) electrons. The van der Waals surface area contributed by atoms with Crippen molar-refractivity contribution in [3.05, 3.63) is 35.4 Å². The number of hydrogen-bond acceptors (Lipinski definition) is 4. The minimum absolute atomic E-state index is 0.148. The monoisotopic (exact) mass is 259 g/mol. The lowest BCUT2D eigenvalue weighted by Crippen LogP contribution is -2.24. The molecule has 19 heavy (non-hydrogen) atoms. The van der Waals surface area contributed by atoms with Gasteiger partial charge in [0.05, 0.1) is 11.3 Å². The first kappa shape index (κ1) is 13.1. The molecule has 3 N–H and O–H groups in total. The highest BCUT2D eigenvalue weighted by Crippen LogP contribution is 2.19. The molecule has 2 aromatic rings. The molecule has 0 fully saturated rings. The predicted molar refractivity (Wildman–Crippen MR) is 73.3 cm³/mol. The first-order valence-corrected chi connectivity index (χ1v) is 6.11. The molecule has 0 saturated carbocycles. The number of nitrogens with two attached hydrogens (primary N) is 1. The summed E-state index contributed by atoms with van der Waals surface area (Å²) in [7, 11) is 0. The standard InChI is InChI=1S/C13H17N5O/c1-4-15-13(19)11-6-5-10(14)7-12(11)18-9(3)16-8(2)17-18/h5-7H,4,14H2,1-3H3,(H,15,19). The number of amides is 1. The Morgan fingerprint density at radius 2 is 2.16 bits per heavy atom.